The third-order valence-electron chi connectivity index (χ3n) is 5.94. The number of hydrogen-bond donors (Lipinski definition) is 0. The number of rotatable bonds is 2. The lowest BCUT2D eigenvalue weighted by atomic mass is 9.76. The van der Waals surface area contributed by atoms with Gasteiger partial charge in [0.15, 0.2) is 0 Å². The van der Waals surface area contributed by atoms with Crippen LogP contribution in [0.25, 0.3) is 10.8 Å². The zero-order valence-electron chi connectivity index (χ0n) is 13.7. The Labute approximate surface area is 137 Å². The molecule has 2 aliphatic rings. The molecular formula is C20H23NO2. The van der Waals surface area contributed by atoms with E-state index < -0.39 is 0 Å². The molecule has 2 aromatic carbocycles. The van der Waals surface area contributed by atoms with Gasteiger partial charge < -0.3 is 4.74 Å². The van der Waals surface area contributed by atoms with Gasteiger partial charge in [-0.3, -0.25) is 9.69 Å². The summed E-state index contributed by atoms with van der Waals surface area (Å²) in [6.07, 6.45) is 3.34. The molecule has 0 spiro atoms. The fourth-order valence-electron chi connectivity index (χ4n) is 4.71. The molecule has 23 heavy (non-hydrogen) atoms. The SMILES string of the molecule is COC(=O)[C@H]1[C@@H](c2ccc3ccccc3c2)C[C@@H]2CC[C@H]1N2C. The smallest absolute Gasteiger partial charge is 0.310 e. The van der Waals surface area contributed by atoms with Crippen LogP contribution in [-0.4, -0.2) is 37.1 Å². The van der Waals surface area contributed by atoms with E-state index in [1.165, 1.54) is 29.9 Å². The molecule has 0 saturated carbocycles. The molecule has 0 amide bonds. The maximum atomic E-state index is 12.5. The zero-order chi connectivity index (χ0) is 16.0. The summed E-state index contributed by atoms with van der Waals surface area (Å²) in [4.78, 5) is 14.9. The van der Waals surface area contributed by atoms with E-state index in [1.807, 2.05) is 0 Å². The minimum atomic E-state index is -0.0552. The Bertz CT molecular complexity index is 741. The Kier molecular flexibility index (Phi) is 3.61. The van der Waals surface area contributed by atoms with Crippen LogP contribution in [0.3, 0.4) is 0 Å². The second kappa shape index (κ2) is 5.64. The molecule has 0 unspecified atom stereocenters. The summed E-state index contributed by atoms with van der Waals surface area (Å²) in [5.41, 5.74) is 1.28. The molecule has 0 N–H and O–H groups in total. The van der Waals surface area contributed by atoms with Crippen molar-refractivity contribution in [3.63, 3.8) is 0 Å². The normalized spacial score (nSPS) is 30.5. The molecule has 2 aliphatic heterocycles. The first-order valence-corrected chi connectivity index (χ1v) is 8.47. The van der Waals surface area contributed by atoms with E-state index in [0.717, 1.165) is 12.8 Å². The Balaban J connectivity index is 1.76. The van der Waals surface area contributed by atoms with Gasteiger partial charge >= 0.3 is 5.97 Å². The summed E-state index contributed by atoms with van der Waals surface area (Å²) in [6.45, 7) is 0. The summed E-state index contributed by atoms with van der Waals surface area (Å²) in [5.74, 6) is 0.158. The predicted molar refractivity (Wildman–Crippen MR) is 91.4 cm³/mol. The largest absolute Gasteiger partial charge is 0.469 e. The molecular weight excluding hydrogens is 286 g/mol. The number of nitrogens with zero attached hydrogens (tertiary/aromatic N) is 1. The summed E-state index contributed by atoms with van der Waals surface area (Å²) in [6, 6.07) is 16.0. The summed E-state index contributed by atoms with van der Waals surface area (Å²) in [7, 11) is 3.68. The van der Waals surface area contributed by atoms with Crippen molar-refractivity contribution >= 4 is 16.7 Å². The van der Waals surface area contributed by atoms with Crippen molar-refractivity contribution in [2.45, 2.75) is 37.3 Å². The molecule has 4 atom stereocenters. The van der Waals surface area contributed by atoms with E-state index in [2.05, 4.69) is 54.4 Å². The number of carbonyl (C=O) groups excluding carboxylic acids is 1. The van der Waals surface area contributed by atoms with Crippen LogP contribution in [0, 0.1) is 5.92 Å². The lowest BCUT2D eigenvalue weighted by Crippen LogP contribution is -2.49. The molecule has 2 aromatic rings. The van der Waals surface area contributed by atoms with Crippen molar-refractivity contribution in [2.24, 2.45) is 5.92 Å². The average molecular weight is 309 g/mol. The summed E-state index contributed by atoms with van der Waals surface area (Å²) >= 11 is 0. The van der Waals surface area contributed by atoms with E-state index in [0.29, 0.717) is 12.1 Å². The van der Waals surface area contributed by atoms with E-state index in [9.17, 15) is 4.79 Å². The maximum Gasteiger partial charge on any atom is 0.310 e. The van der Waals surface area contributed by atoms with E-state index in [4.69, 9.17) is 4.74 Å². The molecule has 2 saturated heterocycles. The van der Waals surface area contributed by atoms with Gasteiger partial charge in [-0.1, -0.05) is 42.5 Å². The van der Waals surface area contributed by atoms with Crippen molar-refractivity contribution in [3.8, 4) is 0 Å². The number of benzene rings is 2. The lowest BCUT2D eigenvalue weighted by molar-refractivity contribution is -0.150. The van der Waals surface area contributed by atoms with Gasteiger partial charge in [0.1, 0.15) is 0 Å². The Morgan fingerprint density at radius 2 is 1.91 bits per heavy atom. The molecule has 3 heteroatoms. The van der Waals surface area contributed by atoms with Crippen molar-refractivity contribution < 1.29 is 9.53 Å². The lowest BCUT2D eigenvalue weighted by Gasteiger charge is -2.41. The van der Waals surface area contributed by atoms with Gasteiger partial charge in [0.05, 0.1) is 13.0 Å². The standard InChI is InChI=1S/C20H23NO2/c1-21-16-9-10-18(21)19(20(22)23-2)17(12-16)15-8-7-13-5-3-4-6-14(13)11-15/h3-8,11,16-19H,9-10,12H2,1-2H3/t16-,17+,18+,19-/m0/s1. The van der Waals surface area contributed by atoms with E-state index in [-0.39, 0.29) is 17.8 Å². The van der Waals surface area contributed by atoms with Crippen molar-refractivity contribution in [1.29, 1.82) is 0 Å². The molecule has 2 bridgehead atoms. The number of ether oxygens (including phenoxy) is 1. The minimum Gasteiger partial charge on any atom is -0.469 e. The number of methoxy groups -OCH3 is 1. The number of fused-ring (bicyclic) bond motifs is 3. The molecule has 120 valence electrons. The first kappa shape index (κ1) is 14.7. The highest BCUT2D eigenvalue weighted by atomic mass is 16.5. The van der Waals surface area contributed by atoms with E-state index >= 15 is 0 Å². The second-order valence-electron chi connectivity index (χ2n) is 6.96. The van der Waals surface area contributed by atoms with Gasteiger partial charge in [0, 0.05) is 18.0 Å². The highest BCUT2D eigenvalue weighted by molar-refractivity contribution is 5.83. The fourth-order valence-corrected chi connectivity index (χ4v) is 4.71. The Hall–Kier alpha value is -1.87. The van der Waals surface area contributed by atoms with Crippen LogP contribution in [0.5, 0.6) is 0 Å². The fraction of sp³-hybridized carbons (Fsp3) is 0.450. The van der Waals surface area contributed by atoms with Gasteiger partial charge in [-0.05, 0) is 42.6 Å². The Morgan fingerprint density at radius 3 is 2.70 bits per heavy atom. The van der Waals surface area contributed by atoms with Gasteiger partial charge in [0.25, 0.3) is 0 Å². The molecule has 3 nitrogen and oxygen atoms in total. The number of carbonyl (C=O) groups is 1. The van der Waals surface area contributed by atoms with Crippen LogP contribution in [0.4, 0.5) is 0 Å². The molecule has 4 rings (SSSR count). The van der Waals surface area contributed by atoms with Gasteiger partial charge in [0.2, 0.25) is 0 Å². The van der Waals surface area contributed by atoms with Crippen LogP contribution in [-0.2, 0) is 9.53 Å². The molecule has 0 radical (unpaired) electrons. The van der Waals surface area contributed by atoms with Crippen LogP contribution in [0.2, 0.25) is 0 Å². The molecule has 0 aromatic heterocycles. The molecule has 2 fully saturated rings. The van der Waals surface area contributed by atoms with Crippen molar-refractivity contribution in [1.82, 2.24) is 4.90 Å². The molecule has 0 aliphatic carbocycles. The number of esters is 1. The quantitative estimate of drug-likeness (QED) is 0.794. The highest BCUT2D eigenvalue weighted by Crippen LogP contribution is 2.46. The zero-order valence-corrected chi connectivity index (χ0v) is 13.7. The Morgan fingerprint density at radius 1 is 1.13 bits per heavy atom. The number of piperidine rings is 1. The third-order valence-corrected chi connectivity index (χ3v) is 5.94. The third kappa shape index (κ3) is 2.34. The number of hydrogen-bond acceptors (Lipinski definition) is 3. The average Bonchev–Trinajstić information content (AvgIpc) is 2.83. The monoisotopic (exact) mass is 309 g/mol. The summed E-state index contributed by atoms with van der Waals surface area (Å²) in [5, 5.41) is 2.50. The second-order valence-corrected chi connectivity index (χ2v) is 6.96. The van der Waals surface area contributed by atoms with Crippen LogP contribution in [0.1, 0.15) is 30.7 Å². The van der Waals surface area contributed by atoms with Crippen LogP contribution < -0.4 is 0 Å². The first-order valence-electron chi connectivity index (χ1n) is 8.47. The summed E-state index contributed by atoms with van der Waals surface area (Å²) < 4.78 is 5.16. The van der Waals surface area contributed by atoms with Crippen molar-refractivity contribution in [3.05, 3.63) is 48.0 Å². The minimum absolute atomic E-state index is 0.0510. The maximum absolute atomic E-state index is 12.5. The van der Waals surface area contributed by atoms with Crippen LogP contribution in [0.15, 0.2) is 42.5 Å². The molecule has 2 heterocycles. The van der Waals surface area contributed by atoms with Crippen LogP contribution >= 0.6 is 0 Å². The van der Waals surface area contributed by atoms with Gasteiger partial charge in [-0.25, -0.2) is 0 Å². The predicted octanol–water partition coefficient (Wildman–Crippen LogP) is 3.58. The van der Waals surface area contributed by atoms with E-state index in [1.54, 1.807) is 0 Å². The van der Waals surface area contributed by atoms with Crippen molar-refractivity contribution in [2.75, 3.05) is 14.2 Å². The topological polar surface area (TPSA) is 29.5 Å². The van der Waals surface area contributed by atoms with Gasteiger partial charge in [-0.2, -0.15) is 0 Å². The van der Waals surface area contributed by atoms with Gasteiger partial charge in [-0.15, -0.1) is 0 Å². The highest BCUT2D eigenvalue weighted by Gasteiger charge is 2.49. The first-order chi connectivity index (χ1) is 11.2.